The van der Waals surface area contributed by atoms with Gasteiger partial charge < -0.3 is 9.84 Å². The highest BCUT2D eigenvalue weighted by Gasteiger charge is 2.14. The first-order chi connectivity index (χ1) is 12.1. The largest absolute Gasteiger partial charge is 0.491 e. The van der Waals surface area contributed by atoms with Crippen molar-refractivity contribution in [2.24, 2.45) is 7.05 Å². The summed E-state index contributed by atoms with van der Waals surface area (Å²) < 4.78 is 8.70. The Balaban J connectivity index is 1.67. The Kier molecular flexibility index (Phi) is 4.87. The summed E-state index contributed by atoms with van der Waals surface area (Å²) in [4.78, 5) is 12.3. The van der Waals surface area contributed by atoms with Gasteiger partial charge in [-0.2, -0.15) is 5.26 Å². The smallest absolute Gasteiger partial charge is 0.328 e. The molecule has 1 aromatic heterocycles. The van der Waals surface area contributed by atoms with E-state index < -0.39 is 6.10 Å². The predicted molar refractivity (Wildman–Crippen MR) is 94.4 cm³/mol. The molecule has 0 aliphatic rings. The molecule has 1 unspecified atom stereocenters. The number of nitriles is 1. The molecule has 1 heterocycles. The number of aliphatic hydroxyl groups excluding tert-OH is 1. The Morgan fingerprint density at radius 3 is 2.52 bits per heavy atom. The van der Waals surface area contributed by atoms with Gasteiger partial charge in [-0.3, -0.25) is 9.13 Å². The monoisotopic (exact) mass is 337 g/mol. The van der Waals surface area contributed by atoms with Crippen LogP contribution in [-0.2, 0) is 20.0 Å². The van der Waals surface area contributed by atoms with Crippen molar-refractivity contribution in [2.45, 2.75) is 19.1 Å². The van der Waals surface area contributed by atoms with Crippen molar-refractivity contribution in [2.75, 3.05) is 6.61 Å². The summed E-state index contributed by atoms with van der Waals surface area (Å²) >= 11 is 0. The number of nitrogens with zero attached hydrogens (tertiary/aromatic N) is 3. The molecule has 1 N–H and O–H groups in total. The molecule has 0 radical (unpaired) electrons. The van der Waals surface area contributed by atoms with E-state index in [-0.39, 0.29) is 18.8 Å². The van der Waals surface area contributed by atoms with Gasteiger partial charge in [-0.25, -0.2) is 4.79 Å². The fraction of sp³-hybridized carbons (Fsp3) is 0.263. The number of aromatic nitrogens is 2. The number of hydrogen-bond acceptors (Lipinski definition) is 4. The fourth-order valence-corrected chi connectivity index (χ4v) is 2.79. The molecule has 6 nitrogen and oxygen atoms in total. The summed E-state index contributed by atoms with van der Waals surface area (Å²) in [6.07, 6.45) is -0.463. The van der Waals surface area contributed by atoms with E-state index in [1.165, 1.54) is 0 Å². The molecule has 1 atom stereocenters. The van der Waals surface area contributed by atoms with Crippen LogP contribution in [0.4, 0.5) is 0 Å². The van der Waals surface area contributed by atoms with Crippen molar-refractivity contribution < 1.29 is 9.84 Å². The summed E-state index contributed by atoms with van der Waals surface area (Å²) in [6.45, 7) is 0.236. The van der Waals surface area contributed by atoms with Crippen molar-refractivity contribution in [3.8, 4) is 11.8 Å². The van der Waals surface area contributed by atoms with Gasteiger partial charge in [0.25, 0.3) is 0 Å². The quantitative estimate of drug-likeness (QED) is 0.744. The number of benzene rings is 2. The highest BCUT2D eigenvalue weighted by Crippen LogP contribution is 2.14. The molecule has 25 heavy (non-hydrogen) atoms. The Bertz CT molecular complexity index is 964. The molecule has 0 aliphatic carbocycles. The third-order valence-corrected chi connectivity index (χ3v) is 4.09. The third-order valence-electron chi connectivity index (χ3n) is 4.09. The molecular weight excluding hydrogens is 318 g/mol. The molecule has 3 aromatic rings. The van der Waals surface area contributed by atoms with Crippen molar-refractivity contribution >= 4 is 11.0 Å². The van der Waals surface area contributed by atoms with Gasteiger partial charge in [0.2, 0.25) is 0 Å². The fourth-order valence-electron chi connectivity index (χ4n) is 2.79. The summed E-state index contributed by atoms with van der Waals surface area (Å²) in [6, 6.07) is 16.7. The lowest BCUT2D eigenvalue weighted by Crippen LogP contribution is -2.30. The average molecular weight is 337 g/mol. The number of aliphatic hydroxyl groups is 1. The Morgan fingerprint density at radius 2 is 1.84 bits per heavy atom. The Labute approximate surface area is 145 Å². The first-order valence-electron chi connectivity index (χ1n) is 8.01. The minimum Gasteiger partial charge on any atom is -0.491 e. The van der Waals surface area contributed by atoms with Crippen LogP contribution >= 0.6 is 0 Å². The third kappa shape index (κ3) is 3.57. The van der Waals surface area contributed by atoms with Crippen LogP contribution in [-0.4, -0.2) is 27.0 Å². The van der Waals surface area contributed by atoms with Crippen molar-refractivity contribution in [3.05, 3.63) is 64.6 Å². The molecule has 0 bridgehead atoms. The highest BCUT2D eigenvalue weighted by atomic mass is 16.5. The molecule has 0 saturated carbocycles. The SMILES string of the molecule is Cn1c(=O)n(CC(O)COc2ccc(CC#N)cc2)c2ccccc21. The maximum absolute atomic E-state index is 12.3. The molecule has 0 saturated heterocycles. The predicted octanol–water partition coefficient (Wildman–Crippen LogP) is 1.85. The number of hydrogen-bond donors (Lipinski definition) is 1. The van der Waals surface area contributed by atoms with E-state index in [1.807, 2.05) is 36.4 Å². The van der Waals surface area contributed by atoms with E-state index in [0.29, 0.717) is 12.2 Å². The van der Waals surface area contributed by atoms with Gasteiger partial charge in [0, 0.05) is 7.05 Å². The van der Waals surface area contributed by atoms with Crippen LogP contribution in [0.5, 0.6) is 5.75 Å². The minimum atomic E-state index is -0.817. The van der Waals surface area contributed by atoms with Crippen LogP contribution in [0.3, 0.4) is 0 Å². The van der Waals surface area contributed by atoms with Crippen LogP contribution < -0.4 is 10.4 Å². The minimum absolute atomic E-state index is 0.0766. The molecule has 6 heteroatoms. The molecule has 3 rings (SSSR count). The summed E-state index contributed by atoms with van der Waals surface area (Å²) in [7, 11) is 1.72. The van der Waals surface area contributed by atoms with Gasteiger partial charge in [0.15, 0.2) is 0 Å². The van der Waals surface area contributed by atoms with E-state index in [9.17, 15) is 9.90 Å². The van der Waals surface area contributed by atoms with Gasteiger partial charge in [0.1, 0.15) is 18.5 Å². The van der Waals surface area contributed by atoms with Crippen LogP contribution in [0, 0.1) is 11.3 Å². The van der Waals surface area contributed by atoms with Crippen LogP contribution in [0.15, 0.2) is 53.3 Å². The lowest BCUT2D eigenvalue weighted by molar-refractivity contribution is 0.0925. The highest BCUT2D eigenvalue weighted by molar-refractivity contribution is 5.75. The van der Waals surface area contributed by atoms with Gasteiger partial charge >= 0.3 is 5.69 Å². The zero-order chi connectivity index (χ0) is 17.8. The second-order valence-electron chi connectivity index (χ2n) is 5.88. The Morgan fingerprint density at radius 1 is 1.16 bits per heavy atom. The molecule has 0 amide bonds. The van der Waals surface area contributed by atoms with E-state index in [0.717, 1.165) is 16.6 Å². The second-order valence-corrected chi connectivity index (χ2v) is 5.88. The summed E-state index contributed by atoms with van der Waals surface area (Å²) in [5, 5.41) is 18.9. The van der Waals surface area contributed by atoms with E-state index >= 15 is 0 Å². The molecule has 128 valence electrons. The van der Waals surface area contributed by atoms with Crippen LogP contribution in [0.2, 0.25) is 0 Å². The van der Waals surface area contributed by atoms with Gasteiger partial charge in [-0.15, -0.1) is 0 Å². The summed E-state index contributed by atoms with van der Waals surface area (Å²) in [5.41, 5.74) is 2.36. The zero-order valence-electron chi connectivity index (χ0n) is 13.9. The Hall–Kier alpha value is -3.04. The molecule has 0 aliphatic heterocycles. The molecule has 0 fully saturated rings. The van der Waals surface area contributed by atoms with E-state index in [4.69, 9.17) is 10.00 Å². The lowest BCUT2D eigenvalue weighted by atomic mass is 10.2. The number of aryl methyl sites for hydroxylation is 1. The van der Waals surface area contributed by atoms with Crippen molar-refractivity contribution in [1.82, 2.24) is 9.13 Å². The van der Waals surface area contributed by atoms with Crippen molar-refractivity contribution in [3.63, 3.8) is 0 Å². The van der Waals surface area contributed by atoms with Gasteiger partial charge in [-0.1, -0.05) is 24.3 Å². The van der Waals surface area contributed by atoms with Crippen molar-refractivity contribution in [1.29, 1.82) is 5.26 Å². The topological polar surface area (TPSA) is 80.2 Å². The zero-order valence-corrected chi connectivity index (χ0v) is 13.9. The van der Waals surface area contributed by atoms with Crippen LogP contribution in [0.25, 0.3) is 11.0 Å². The maximum Gasteiger partial charge on any atom is 0.328 e. The number of ether oxygens (including phenoxy) is 1. The molecular formula is C19H19N3O3. The van der Waals surface area contributed by atoms with E-state index in [1.54, 1.807) is 28.3 Å². The molecule has 0 spiro atoms. The lowest BCUT2D eigenvalue weighted by Gasteiger charge is -2.13. The first kappa shape index (κ1) is 16.8. The average Bonchev–Trinajstić information content (AvgIpc) is 2.87. The number of imidazole rings is 1. The number of rotatable bonds is 6. The number of fused-ring (bicyclic) bond motifs is 1. The maximum atomic E-state index is 12.3. The second kappa shape index (κ2) is 7.24. The van der Waals surface area contributed by atoms with Gasteiger partial charge in [-0.05, 0) is 29.8 Å². The van der Waals surface area contributed by atoms with Gasteiger partial charge in [0.05, 0.1) is 30.1 Å². The van der Waals surface area contributed by atoms with Crippen LogP contribution in [0.1, 0.15) is 5.56 Å². The normalized spacial score (nSPS) is 12.0. The first-order valence-corrected chi connectivity index (χ1v) is 8.01. The summed E-state index contributed by atoms with van der Waals surface area (Å²) in [5.74, 6) is 0.617. The van der Waals surface area contributed by atoms with E-state index in [2.05, 4.69) is 6.07 Å². The molecule has 2 aromatic carbocycles. The number of para-hydroxylation sites is 2. The standard InChI is InChI=1S/C19H19N3O3/c1-21-17-4-2-3-5-18(17)22(19(21)24)12-15(23)13-25-16-8-6-14(7-9-16)10-11-20/h2-9,15,23H,10,12-13H2,1H3.